The fourth-order valence-corrected chi connectivity index (χ4v) is 5.23. The van der Waals surface area contributed by atoms with Crippen LogP contribution in [0, 0.1) is 0 Å². The molecule has 0 bridgehead atoms. The molecule has 4 aromatic rings. The second-order valence-corrected chi connectivity index (χ2v) is 9.28. The van der Waals surface area contributed by atoms with Crippen molar-refractivity contribution in [2.24, 2.45) is 0 Å². The number of fused-ring (bicyclic) bond motifs is 2. The average molecular weight is 444 g/mol. The van der Waals surface area contributed by atoms with Gasteiger partial charge in [0, 0.05) is 47.0 Å². The maximum atomic E-state index is 12.9. The van der Waals surface area contributed by atoms with Gasteiger partial charge in [-0.3, -0.25) is 14.2 Å². The summed E-state index contributed by atoms with van der Waals surface area (Å²) in [6.45, 7) is 0. The van der Waals surface area contributed by atoms with E-state index in [0.29, 0.717) is 18.0 Å². The quantitative estimate of drug-likeness (QED) is 0.356. The van der Waals surface area contributed by atoms with E-state index in [1.54, 1.807) is 18.0 Å². The number of benzene rings is 2. The fourth-order valence-electron chi connectivity index (χ4n) is 4.33. The molecular weight excluding hydrogens is 422 g/mol. The first-order valence-electron chi connectivity index (χ1n) is 10.7. The van der Waals surface area contributed by atoms with Crippen molar-refractivity contribution < 1.29 is 9.59 Å². The third-order valence-corrected chi connectivity index (χ3v) is 7.16. The molecule has 1 saturated carbocycles. The lowest BCUT2D eigenvalue weighted by molar-refractivity contribution is -0.117. The number of nitrogens with one attached hydrogen (secondary N) is 1. The Kier molecular flexibility index (Phi) is 4.43. The molecule has 6 rings (SSSR count). The van der Waals surface area contributed by atoms with Crippen LogP contribution in [0.15, 0.2) is 53.8 Å². The van der Waals surface area contributed by atoms with Crippen LogP contribution < -0.4 is 4.90 Å². The van der Waals surface area contributed by atoms with Crippen LogP contribution in [-0.4, -0.2) is 44.2 Å². The van der Waals surface area contributed by atoms with E-state index in [2.05, 4.69) is 25.8 Å². The predicted molar refractivity (Wildman–Crippen MR) is 124 cm³/mol. The molecule has 160 valence electrons. The summed E-state index contributed by atoms with van der Waals surface area (Å²) in [5, 5.41) is 10.8. The summed E-state index contributed by atoms with van der Waals surface area (Å²) < 4.78 is 2.18. The highest BCUT2D eigenvalue weighted by molar-refractivity contribution is 7.99. The van der Waals surface area contributed by atoms with Crippen LogP contribution in [0.1, 0.15) is 34.8 Å². The van der Waals surface area contributed by atoms with Crippen molar-refractivity contribution in [2.45, 2.75) is 30.5 Å². The molecule has 8 heteroatoms. The number of ketones is 1. The number of hydrogen-bond acceptors (Lipinski definition) is 5. The largest absolute Gasteiger partial charge is 0.360 e. The highest BCUT2D eigenvalue weighted by atomic mass is 32.2. The molecule has 1 N–H and O–H groups in total. The molecule has 0 radical (unpaired) electrons. The zero-order valence-electron chi connectivity index (χ0n) is 17.5. The zero-order valence-corrected chi connectivity index (χ0v) is 18.4. The van der Waals surface area contributed by atoms with Crippen LogP contribution in [0.2, 0.25) is 0 Å². The van der Waals surface area contributed by atoms with E-state index >= 15 is 0 Å². The minimum absolute atomic E-state index is 0.0267. The number of Topliss-reactive ketones (excluding diaryl/α,β-unsaturated/α-hetero) is 1. The molecule has 1 aliphatic carbocycles. The lowest BCUT2D eigenvalue weighted by Gasteiger charge is -2.10. The van der Waals surface area contributed by atoms with Gasteiger partial charge in [-0.1, -0.05) is 30.0 Å². The maximum absolute atomic E-state index is 12.9. The van der Waals surface area contributed by atoms with Crippen LogP contribution in [0.25, 0.3) is 22.3 Å². The van der Waals surface area contributed by atoms with Crippen molar-refractivity contribution in [1.29, 1.82) is 0 Å². The number of carbonyl (C=O) groups is 2. The number of hydrogen-bond donors (Lipinski definition) is 1. The van der Waals surface area contributed by atoms with Crippen molar-refractivity contribution in [3.8, 4) is 11.4 Å². The molecule has 1 aliphatic heterocycles. The van der Waals surface area contributed by atoms with Gasteiger partial charge in [-0.25, -0.2) is 0 Å². The van der Waals surface area contributed by atoms with Crippen molar-refractivity contribution in [1.82, 2.24) is 19.7 Å². The highest BCUT2D eigenvalue weighted by Crippen LogP contribution is 2.42. The van der Waals surface area contributed by atoms with Crippen molar-refractivity contribution in [3.05, 3.63) is 59.8 Å². The lowest BCUT2D eigenvalue weighted by atomic mass is 10.1. The third kappa shape index (κ3) is 3.14. The Balaban J connectivity index is 1.26. The minimum atomic E-state index is 0.0267. The van der Waals surface area contributed by atoms with Gasteiger partial charge in [0.2, 0.25) is 5.91 Å². The first-order valence-corrected chi connectivity index (χ1v) is 11.7. The molecule has 0 unspecified atom stereocenters. The van der Waals surface area contributed by atoms with Crippen LogP contribution >= 0.6 is 11.8 Å². The normalized spacial score (nSPS) is 15.5. The Bertz CT molecular complexity index is 1380. The van der Waals surface area contributed by atoms with Gasteiger partial charge in [0.1, 0.15) is 0 Å². The average Bonchev–Trinajstić information content (AvgIpc) is 3.31. The fraction of sp³-hybridized carbons (Fsp3) is 0.250. The molecule has 7 nitrogen and oxygen atoms in total. The van der Waals surface area contributed by atoms with Crippen LogP contribution in [0.3, 0.4) is 0 Å². The molecule has 1 amide bonds. The topological polar surface area (TPSA) is 83.9 Å². The van der Waals surface area contributed by atoms with Gasteiger partial charge in [0.15, 0.2) is 16.8 Å². The second kappa shape index (κ2) is 7.34. The van der Waals surface area contributed by atoms with E-state index in [-0.39, 0.29) is 17.4 Å². The molecule has 2 aromatic heterocycles. The SMILES string of the molecule is CN1C(=O)Cc2cc(C(=O)CSc3nnc(-c4c[nH]c5ccccc45)n3C3CC3)ccc21. The van der Waals surface area contributed by atoms with Crippen LogP contribution in [0.4, 0.5) is 5.69 Å². The van der Waals surface area contributed by atoms with Crippen LogP contribution in [-0.2, 0) is 11.2 Å². The van der Waals surface area contributed by atoms with Gasteiger partial charge >= 0.3 is 0 Å². The molecule has 0 atom stereocenters. The predicted octanol–water partition coefficient (Wildman–Crippen LogP) is 4.26. The summed E-state index contributed by atoms with van der Waals surface area (Å²) in [6.07, 6.45) is 4.53. The van der Waals surface area contributed by atoms with Gasteiger partial charge in [0.05, 0.1) is 12.2 Å². The van der Waals surface area contributed by atoms with E-state index in [0.717, 1.165) is 51.5 Å². The van der Waals surface area contributed by atoms with E-state index in [4.69, 9.17) is 0 Å². The number of carbonyl (C=O) groups excluding carboxylic acids is 2. The Hall–Kier alpha value is -3.39. The van der Waals surface area contributed by atoms with Crippen molar-refractivity contribution in [2.75, 3.05) is 17.7 Å². The third-order valence-electron chi connectivity index (χ3n) is 6.22. The number of likely N-dealkylation sites (N-methyl/N-ethyl adjacent to an activating group) is 1. The zero-order chi connectivity index (χ0) is 21.8. The summed E-state index contributed by atoms with van der Waals surface area (Å²) >= 11 is 1.43. The van der Waals surface area contributed by atoms with Crippen molar-refractivity contribution in [3.63, 3.8) is 0 Å². The maximum Gasteiger partial charge on any atom is 0.231 e. The van der Waals surface area contributed by atoms with Gasteiger partial charge < -0.3 is 9.88 Å². The molecule has 0 saturated heterocycles. The number of nitrogens with zero attached hydrogens (tertiary/aromatic N) is 4. The van der Waals surface area contributed by atoms with E-state index in [1.165, 1.54) is 11.8 Å². The lowest BCUT2D eigenvalue weighted by Crippen LogP contribution is -2.20. The van der Waals surface area contributed by atoms with Crippen LogP contribution in [0.5, 0.6) is 0 Å². The monoisotopic (exact) mass is 443 g/mol. The van der Waals surface area contributed by atoms with Gasteiger partial charge in [-0.15, -0.1) is 10.2 Å². The number of aromatic amines is 1. The summed E-state index contributed by atoms with van der Waals surface area (Å²) in [5.74, 6) is 1.21. The Morgan fingerprint density at radius 1 is 1.19 bits per heavy atom. The number of aromatic nitrogens is 4. The smallest absolute Gasteiger partial charge is 0.231 e. The summed E-state index contributed by atoms with van der Waals surface area (Å²) in [4.78, 5) is 29.8. The Labute approximate surface area is 188 Å². The molecule has 32 heavy (non-hydrogen) atoms. The molecule has 2 aromatic carbocycles. The summed E-state index contributed by atoms with van der Waals surface area (Å²) in [5.41, 5.74) is 4.53. The summed E-state index contributed by atoms with van der Waals surface area (Å²) in [6, 6.07) is 14.1. The molecule has 1 fully saturated rings. The van der Waals surface area contributed by atoms with E-state index in [1.807, 2.05) is 36.5 Å². The molecule has 2 aliphatic rings. The minimum Gasteiger partial charge on any atom is -0.360 e. The van der Waals surface area contributed by atoms with Gasteiger partial charge in [0.25, 0.3) is 0 Å². The van der Waals surface area contributed by atoms with Gasteiger partial charge in [-0.2, -0.15) is 0 Å². The molecule has 0 spiro atoms. The first kappa shape index (κ1) is 19.3. The number of amides is 1. The van der Waals surface area contributed by atoms with Gasteiger partial charge in [-0.05, 0) is 42.7 Å². The number of thioether (sulfide) groups is 1. The number of anilines is 1. The van der Waals surface area contributed by atoms with E-state index < -0.39 is 0 Å². The standard InChI is InChI=1S/C24H21N5O2S/c1-28-20-9-6-14(10-15(20)11-22(28)31)21(30)13-32-24-27-26-23(29(24)16-7-8-16)18-12-25-19-5-3-2-4-17(18)19/h2-6,9-10,12,16,25H,7-8,11,13H2,1H3. The first-order chi connectivity index (χ1) is 15.6. The molecule has 3 heterocycles. The number of para-hydroxylation sites is 1. The van der Waals surface area contributed by atoms with E-state index in [9.17, 15) is 9.59 Å². The Morgan fingerprint density at radius 2 is 2.03 bits per heavy atom. The summed E-state index contributed by atoms with van der Waals surface area (Å²) in [7, 11) is 1.77. The number of rotatable bonds is 6. The Morgan fingerprint density at radius 3 is 2.88 bits per heavy atom. The second-order valence-electron chi connectivity index (χ2n) is 8.34. The van der Waals surface area contributed by atoms with Crippen molar-refractivity contribution >= 4 is 40.0 Å². The number of H-pyrrole nitrogens is 1. The molecular formula is C24H21N5O2S. The highest BCUT2D eigenvalue weighted by Gasteiger charge is 2.31.